The SMILES string of the molecule is CCNC(=O)CN(C)CCCOc1cccc(N)c1. The number of likely N-dealkylation sites (N-methyl/N-ethyl adjacent to an activating group) is 2. The van der Waals surface area contributed by atoms with Crippen LogP contribution in [0.4, 0.5) is 5.69 Å². The molecule has 0 radical (unpaired) electrons. The molecule has 0 aliphatic heterocycles. The van der Waals surface area contributed by atoms with Crippen LogP contribution in [0.15, 0.2) is 24.3 Å². The van der Waals surface area contributed by atoms with E-state index in [4.69, 9.17) is 10.5 Å². The smallest absolute Gasteiger partial charge is 0.234 e. The van der Waals surface area contributed by atoms with Crippen molar-refractivity contribution < 1.29 is 9.53 Å². The minimum atomic E-state index is 0.0572. The highest BCUT2D eigenvalue weighted by Crippen LogP contribution is 2.14. The zero-order valence-electron chi connectivity index (χ0n) is 11.7. The minimum absolute atomic E-state index is 0.0572. The monoisotopic (exact) mass is 265 g/mol. The van der Waals surface area contributed by atoms with E-state index in [0.29, 0.717) is 25.4 Å². The van der Waals surface area contributed by atoms with Crippen LogP contribution in [0.3, 0.4) is 0 Å². The molecule has 0 heterocycles. The molecule has 0 aliphatic carbocycles. The number of anilines is 1. The van der Waals surface area contributed by atoms with Gasteiger partial charge >= 0.3 is 0 Å². The summed E-state index contributed by atoms with van der Waals surface area (Å²) in [6.07, 6.45) is 0.866. The molecule has 106 valence electrons. The van der Waals surface area contributed by atoms with E-state index in [2.05, 4.69) is 5.32 Å². The van der Waals surface area contributed by atoms with Gasteiger partial charge in [0.05, 0.1) is 13.2 Å². The van der Waals surface area contributed by atoms with Crippen molar-refractivity contribution in [3.63, 3.8) is 0 Å². The van der Waals surface area contributed by atoms with E-state index in [1.807, 2.05) is 37.1 Å². The summed E-state index contributed by atoms with van der Waals surface area (Å²) in [6.45, 7) is 4.44. The Hall–Kier alpha value is -1.75. The molecule has 0 aromatic heterocycles. The number of carbonyl (C=O) groups excluding carboxylic acids is 1. The maximum absolute atomic E-state index is 11.3. The summed E-state index contributed by atoms with van der Waals surface area (Å²) in [5, 5.41) is 2.77. The lowest BCUT2D eigenvalue weighted by Crippen LogP contribution is -2.35. The van der Waals surface area contributed by atoms with Crippen molar-refractivity contribution in [3.8, 4) is 5.75 Å². The normalized spacial score (nSPS) is 10.5. The highest BCUT2D eigenvalue weighted by molar-refractivity contribution is 5.77. The third-order valence-corrected chi connectivity index (χ3v) is 2.60. The molecule has 1 amide bonds. The second-order valence-corrected chi connectivity index (χ2v) is 4.47. The molecule has 0 saturated carbocycles. The van der Waals surface area contributed by atoms with Gasteiger partial charge in [0, 0.05) is 24.8 Å². The molecule has 0 saturated heterocycles. The van der Waals surface area contributed by atoms with Crippen molar-refractivity contribution in [2.75, 3.05) is 39.0 Å². The number of amides is 1. The highest BCUT2D eigenvalue weighted by atomic mass is 16.5. The summed E-state index contributed by atoms with van der Waals surface area (Å²) in [4.78, 5) is 13.3. The molecule has 0 fully saturated rings. The third kappa shape index (κ3) is 6.67. The van der Waals surface area contributed by atoms with Gasteiger partial charge in [0.2, 0.25) is 5.91 Å². The van der Waals surface area contributed by atoms with E-state index >= 15 is 0 Å². The van der Waals surface area contributed by atoms with Crippen LogP contribution in [-0.2, 0) is 4.79 Å². The molecule has 0 bridgehead atoms. The van der Waals surface area contributed by atoms with Crippen LogP contribution in [0, 0.1) is 0 Å². The number of carbonyl (C=O) groups is 1. The van der Waals surface area contributed by atoms with Gasteiger partial charge in [0.1, 0.15) is 5.75 Å². The van der Waals surface area contributed by atoms with Crippen LogP contribution in [0.25, 0.3) is 0 Å². The summed E-state index contributed by atoms with van der Waals surface area (Å²) >= 11 is 0. The van der Waals surface area contributed by atoms with E-state index in [9.17, 15) is 4.79 Å². The van der Waals surface area contributed by atoms with Gasteiger partial charge in [-0.2, -0.15) is 0 Å². The summed E-state index contributed by atoms with van der Waals surface area (Å²) in [6, 6.07) is 7.38. The lowest BCUT2D eigenvalue weighted by Gasteiger charge is -2.16. The average Bonchev–Trinajstić information content (AvgIpc) is 2.35. The Balaban J connectivity index is 2.15. The number of hydrogen-bond acceptors (Lipinski definition) is 4. The fraction of sp³-hybridized carbons (Fsp3) is 0.500. The van der Waals surface area contributed by atoms with Crippen LogP contribution in [0.5, 0.6) is 5.75 Å². The molecular formula is C14H23N3O2. The average molecular weight is 265 g/mol. The zero-order chi connectivity index (χ0) is 14.1. The molecule has 0 spiro atoms. The second-order valence-electron chi connectivity index (χ2n) is 4.47. The Kier molecular flexibility index (Phi) is 6.74. The fourth-order valence-electron chi connectivity index (χ4n) is 1.71. The number of nitrogens with zero attached hydrogens (tertiary/aromatic N) is 1. The molecule has 5 nitrogen and oxygen atoms in total. The first-order valence-corrected chi connectivity index (χ1v) is 6.55. The lowest BCUT2D eigenvalue weighted by molar-refractivity contribution is -0.121. The van der Waals surface area contributed by atoms with Gasteiger partial charge in [-0.1, -0.05) is 6.07 Å². The van der Waals surface area contributed by atoms with E-state index < -0.39 is 0 Å². The fourth-order valence-corrected chi connectivity index (χ4v) is 1.71. The van der Waals surface area contributed by atoms with E-state index in [1.54, 1.807) is 6.07 Å². The van der Waals surface area contributed by atoms with E-state index in [-0.39, 0.29) is 5.91 Å². The van der Waals surface area contributed by atoms with Crippen LogP contribution in [0.1, 0.15) is 13.3 Å². The molecule has 1 aromatic carbocycles. The van der Waals surface area contributed by atoms with Gasteiger partial charge in [-0.3, -0.25) is 9.69 Å². The number of ether oxygens (including phenoxy) is 1. The molecule has 3 N–H and O–H groups in total. The topological polar surface area (TPSA) is 67.6 Å². The first kappa shape index (κ1) is 15.3. The summed E-state index contributed by atoms with van der Waals surface area (Å²) in [5.74, 6) is 0.841. The molecule has 0 unspecified atom stereocenters. The number of nitrogen functional groups attached to an aromatic ring is 1. The maximum Gasteiger partial charge on any atom is 0.234 e. The van der Waals surface area contributed by atoms with Crippen molar-refractivity contribution >= 4 is 11.6 Å². The van der Waals surface area contributed by atoms with Crippen molar-refractivity contribution in [1.29, 1.82) is 0 Å². The number of nitrogens with two attached hydrogens (primary N) is 1. The first-order chi connectivity index (χ1) is 9.11. The zero-order valence-corrected chi connectivity index (χ0v) is 11.7. The van der Waals surface area contributed by atoms with Gasteiger partial charge in [-0.25, -0.2) is 0 Å². The molecule has 0 atom stereocenters. The highest BCUT2D eigenvalue weighted by Gasteiger charge is 2.04. The molecule has 5 heteroatoms. The first-order valence-electron chi connectivity index (χ1n) is 6.55. The maximum atomic E-state index is 11.3. The molecule has 1 rings (SSSR count). The van der Waals surface area contributed by atoms with Crippen LogP contribution >= 0.6 is 0 Å². The lowest BCUT2D eigenvalue weighted by atomic mass is 10.3. The van der Waals surface area contributed by atoms with Crippen LogP contribution in [-0.4, -0.2) is 44.1 Å². The Morgan fingerprint density at radius 1 is 1.47 bits per heavy atom. The van der Waals surface area contributed by atoms with Crippen LogP contribution < -0.4 is 15.8 Å². The van der Waals surface area contributed by atoms with Crippen LogP contribution in [0.2, 0.25) is 0 Å². The number of nitrogens with one attached hydrogen (secondary N) is 1. The summed E-state index contributed by atoms with van der Waals surface area (Å²) < 4.78 is 5.58. The molecular weight excluding hydrogens is 242 g/mol. The quantitative estimate of drug-likeness (QED) is 0.546. The minimum Gasteiger partial charge on any atom is -0.493 e. The molecule has 1 aromatic rings. The van der Waals surface area contributed by atoms with Gasteiger partial charge in [0.15, 0.2) is 0 Å². The van der Waals surface area contributed by atoms with Crippen molar-refractivity contribution in [1.82, 2.24) is 10.2 Å². The second kappa shape index (κ2) is 8.37. The van der Waals surface area contributed by atoms with Crippen molar-refractivity contribution in [2.45, 2.75) is 13.3 Å². The standard InChI is InChI=1S/C14H23N3O2/c1-3-16-14(18)11-17(2)8-5-9-19-13-7-4-6-12(15)10-13/h4,6-7,10H,3,5,8-9,11,15H2,1-2H3,(H,16,18). The predicted molar refractivity (Wildman–Crippen MR) is 77.1 cm³/mol. The van der Waals surface area contributed by atoms with E-state index in [1.165, 1.54) is 0 Å². The third-order valence-electron chi connectivity index (χ3n) is 2.60. The van der Waals surface area contributed by atoms with Gasteiger partial charge in [-0.15, -0.1) is 0 Å². The Bertz CT molecular complexity index is 396. The Labute approximate surface area is 114 Å². The van der Waals surface area contributed by atoms with Crippen molar-refractivity contribution in [2.24, 2.45) is 0 Å². The number of rotatable bonds is 8. The Morgan fingerprint density at radius 2 is 2.26 bits per heavy atom. The summed E-state index contributed by atoms with van der Waals surface area (Å²) in [7, 11) is 1.93. The number of benzene rings is 1. The van der Waals surface area contributed by atoms with Gasteiger partial charge in [0.25, 0.3) is 0 Å². The van der Waals surface area contributed by atoms with Gasteiger partial charge < -0.3 is 15.8 Å². The predicted octanol–water partition coefficient (Wildman–Crippen LogP) is 1.11. The Morgan fingerprint density at radius 3 is 2.95 bits per heavy atom. The largest absolute Gasteiger partial charge is 0.493 e. The van der Waals surface area contributed by atoms with Gasteiger partial charge in [-0.05, 0) is 32.5 Å². The van der Waals surface area contributed by atoms with Crippen molar-refractivity contribution in [3.05, 3.63) is 24.3 Å². The molecule has 19 heavy (non-hydrogen) atoms. The molecule has 0 aliphatic rings. The summed E-state index contributed by atoms with van der Waals surface area (Å²) in [5.41, 5.74) is 6.36. The number of hydrogen-bond donors (Lipinski definition) is 2. The van der Waals surface area contributed by atoms with E-state index in [0.717, 1.165) is 18.7 Å².